The first-order chi connectivity index (χ1) is 13.0. The molecule has 3 aromatic rings. The summed E-state index contributed by atoms with van der Waals surface area (Å²) >= 11 is 7.79. The van der Waals surface area contributed by atoms with Crippen molar-refractivity contribution in [3.05, 3.63) is 45.6 Å². The highest BCUT2D eigenvalue weighted by Gasteiger charge is 2.37. The van der Waals surface area contributed by atoms with Crippen LogP contribution < -0.4 is 4.90 Å². The quantitative estimate of drug-likeness (QED) is 0.697. The van der Waals surface area contributed by atoms with Gasteiger partial charge in [0.15, 0.2) is 11.9 Å². The minimum absolute atomic E-state index is 0.0453. The molecule has 0 saturated carbocycles. The molecule has 8 heteroatoms. The van der Waals surface area contributed by atoms with Crippen LogP contribution in [0, 0.1) is 0 Å². The molecule has 144 valence electrons. The highest BCUT2D eigenvalue weighted by atomic mass is 35.5. The Balaban J connectivity index is 1.82. The zero-order valence-corrected chi connectivity index (χ0v) is 17.2. The van der Waals surface area contributed by atoms with E-state index in [4.69, 9.17) is 16.3 Å². The highest BCUT2D eigenvalue weighted by Crippen LogP contribution is 2.35. The maximum atomic E-state index is 11.0. The molecule has 1 aromatic carbocycles. The monoisotopic (exact) mass is 407 g/mol. The highest BCUT2D eigenvalue weighted by molar-refractivity contribution is 7.17. The van der Waals surface area contributed by atoms with Gasteiger partial charge in [-0.3, -0.25) is 0 Å². The van der Waals surface area contributed by atoms with Crippen LogP contribution in [0.3, 0.4) is 0 Å². The summed E-state index contributed by atoms with van der Waals surface area (Å²) in [6.45, 7) is 7.91. The SMILES string of the molecule is CCc1nc2sc([C@@H](c3cccc(Cl)c3)[NH+]3C[C@@H](C)O[C@H](C)C3)c(O)n2n1. The summed E-state index contributed by atoms with van der Waals surface area (Å²) < 4.78 is 7.49. The first-order valence-electron chi connectivity index (χ1n) is 9.29. The smallest absolute Gasteiger partial charge is 0.235 e. The van der Waals surface area contributed by atoms with Crippen molar-refractivity contribution in [1.29, 1.82) is 0 Å². The van der Waals surface area contributed by atoms with Gasteiger partial charge in [0.1, 0.15) is 30.2 Å². The maximum Gasteiger partial charge on any atom is 0.235 e. The fourth-order valence-corrected chi connectivity index (χ4v) is 5.30. The number of benzene rings is 1. The lowest BCUT2D eigenvalue weighted by Crippen LogP contribution is -3.15. The molecule has 1 aliphatic rings. The Hall–Kier alpha value is -1.67. The molecule has 2 aromatic heterocycles. The van der Waals surface area contributed by atoms with Crippen molar-refractivity contribution >= 4 is 27.9 Å². The number of halogens is 1. The van der Waals surface area contributed by atoms with E-state index in [1.165, 1.54) is 16.2 Å². The topological polar surface area (TPSA) is 64.1 Å². The summed E-state index contributed by atoms with van der Waals surface area (Å²) in [6.07, 6.45) is 1.05. The lowest BCUT2D eigenvalue weighted by Gasteiger charge is -2.37. The van der Waals surface area contributed by atoms with Gasteiger partial charge in [0.05, 0.1) is 0 Å². The average molecular weight is 408 g/mol. The minimum Gasteiger partial charge on any atom is -0.492 e. The standard InChI is InChI=1S/C19H23ClN4O2S/c1-4-15-21-19-24(22-15)18(25)17(27-19)16(13-6-5-7-14(20)8-13)23-9-11(2)26-12(3)10-23/h5-8,11-12,16,25H,4,9-10H2,1-3H3/p+1/t11-,12-,16-/m1/s1. The molecular weight excluding hydrogens is 384 g/mol. The van der Waals surface area contributed by atoms with Crippen LogP contribution in [0.2, 0.25) is 5.02 Å². The number of hydrogen-bond donors (Lipinski definition) is 2. The van der Waals surface area contributed by atoms with Crippen LogP contribution in [0.5, 0.6) is 5.88 Å². The van der Waals surface area contributed by atoms with Gasteiger partial charge in [-0.25, -0.2) is 4.98 Å². The second-order valence-corrected chi connectivity index (χ2v) is 8.62. The third-order valence-corrected chi connectivity index (χ3v) is 6.30. The molecule has 3 heterocycles. The van der Waals surface area contributed by atoms with Gasteiger partial charge in [-0.2, -0.15) is 4.52 Å². The fourth-order valence-electron chi connectivity index (χ4n) is 3.94. The van der Waals surface area contributed by atoms with Crippen LogP contribution >= 0.6 is 22.9 Å². The van der Waals surface area contributed by atoms with E-state index in [2.05, 4.69) is 30.0 Å². The Morgan fingerprint density at radius 3 is 2.74 bits per heavy atom. The van der Waals surface area contributed by atoms with Crippen molar-refractivity contribution in [2.24, 2.45) is 0 Å². The van der Waals surface area contributed by atoms with Crippen LogP contribution in [-0.4, -0.2) is 45.0 Å². The number of quaternary nitrogens is 1. The Morgan fingerprint density at radius 2 is 2.11 bits per heavy atom. The van der Waals surface area contributed by atoms with Crippen molar-refractivity contribution in [2.75, 3.05) is 13.1 Å². The van der Waals surface area contributed by atoms with Crippen LogP contribution in [0.4, 0.5) is 0 Å². The van der Waals surface area contributed by atoms with Crippen LogP contribution in [0.1, 0.15) is 43.1 Å². The van der Waals surface area contributed by atoms with Crippen molar-refractivity contribution in [3.8, 4) is 5.88 Å². The van der Waals surface area contributed by atoms with Crippen LogP contribution in [0.15, 0.2) is 24.3 Å². The van der Waals surface area contributed by atoms with E-state index in [-0.39, 0.29) is 24.1 Å². The number of fused-ring (bicyclic) bond motifs is 1. The first-order valence-corrected chi connectivity index (χ1v) is 10.5. The van der Waals surface area contributed by atoms with E-state index in [0.717, 1.165) is 40.7 Å². The second-order valence-electron chi connectivity index (χ2n) is 7.18. The molecule has 0 amide bonds. The summed E-state index contributed by atoms with van der Waals surface area (Å²) in [5.41, 5.74) is 1.08. The Bertz CT molecular complexity index is 946. The molecule has 0 spiro atoms. The number of ether oxygens (including phenoxy) is 1. The van der Waals surface area contributed by atoms with Crippen LogP contribution in [-0.2, 0) is 11.2 Å². The number of nitrogens with one attached hydrogen (secondary N) is 1. The summed E-state index contributed by atoms with van der Waals surface area (Å²) in [5, 5.41) is 16.1. The van der Waals surface area contributed by atoms with Gasteiger partial charge in [0.2, 0.25) is 10.8 Å². The Labute approximate surface area is 167 Å². The minimum atomic E-state index is -0.0453. The first kappa shape index (κ1) is 18.7. The molecule has 2 N–H and O–H groups in total. The van der Waals surface area contributed by atoms with Crippen molar-refractivity contribution in [3.63, 3.8) is 0 Å². The number of thiazole rings is 1. The molecule has 1 fully saturated rings. The van der Waals surface area contributed by atoms with Crippen LogP contribution in [0.25, 0.3) is 4.96 Å². The van der Waals surface area contributed by atoms with Gasteiger partial charge in [-0.15, -0.1) is 5.10 Å². The number of morpholine rings is 1. The maximum absolute atomic E-state index is 11.0. The third kappa shape index (κ3) is 3.57. The predicted octanol–water partition coefficient (Wildman–Crippen LogP) is 2.49. The number of rotatable bonds is 4. The summed E-state index contributed by atoms with van der Waals surface area (Å²) in [6, 6.07) is 7.84. The van der Waals surface area contributed by atoms with E-state index in [9.17, 15) is 5.11 Å². The van der Waals surface area contributed by atoms with E-state index in [0.29, 0.717) is 5.02 Å². The molecule has 0 radical (unpaired) electrons. The van der Waals surface area contributed by atoms with Crippen molar-refractivity contribution < 1.29 is 14.7 Å². The van der Waals surface area contributed by atoms with E-state index >= 15 is 0 Å². The average Bonchev–Trinajstić information content (AvgIpc) is 3.14. The Morgan fingerprint density at radius 1 is 1.37 bits per heavy atom. The largest absolute Gasteiger partial charge is 0.492 e. The Kier molecular flexibility index (Phi) is 5.11. The van der Waals surface area contributed by atoms with Gasteiger partial charge in [0.25, 0.3) is 0 Å². The summed E-state index contributed by atoms with van der Waals surface area (Å²) in [7, 11) is 0. The molecule has 0 bridgehead atoms. The van der Waals surface area contributed by atoms with E-state index < -0.39 is 0 Å². The van der Waals surface area contributed by atoms with E-state index in [1.807, 2.05) is 25.1 Å². The van der Waals surface area contributed by atoms with Gasteiger partial charge < -0.3 is 14.7 Å². The van der Waals surface area contributed by atoms with Crippen molar-refractivity contribution in [1.82, 2.24) is 14.6 Å². The second kappa shape index (κ2) is 7.39. The number of hydrogen-bond acceptors (Lipinski definition) is 5. The zero-order chi connectivity index (χ0) is 19.1. The summed E-state index contributed by atoms with van der Waals surface area (Å²) in [5.74, 6) is 0.912. The van der Waals surface area contributed by atoms with Gasteiger partial charge in [-0.1, -0.05) is 42.0 Å². The normalized spacial score (nSPS) is 24.4. The molecule has 27 heavy (non-hydrogen) atoms. The molecule has 0 aliphatic carbocycles. The number of aromatic hydroxyl groups is 1. The summed E-state index contributed by atoms with van der Waals surface area (Å²) in [4.78, 5) is 7.47. The molecular formula is C19H24ClN4O2S+. The predicted molar refractivity (Wildman–Crippen MR) is 106 cm³/mol. The van der Waals surface area contributed by atoms with Gasteiger partial charge in [0, 0.05) is 17.0 Å². The van der Waals surface area contributed by atoms with Gasteiger partial charge in [-0.05, 0) is 26.0 Å². The molecule has 1 saturated heterocycles. The van der Waals surface area contributed by atoms with Gasteiger partial charge >= 0.3 is 0 Å². The molecule has 3 atom stereocenters. The fraction of sp³-hybridized carbons (Fsp3) is 0.474. The van der Waals surface area contributed by atoms with E-state index in [1.54, 1.807) is 4.52 Å². The zero-order valence-electron chi connectivity index (χ0n) is 15.6. The number of nitrogens with zero attached hydrogens (tertiary/aromatic N) is 3. The molecule has 6 nitrogen and oxygen atoms in total. The van der Waals surface area contributed by atoms with Crippen molar-refractivity contribution in [2.45, 2.75) is 45.4 Å². The number of aryl methyl sites for hydroxylation is 1. The molecule has 0 unspecified atom stereocenters. The third-order valence-electron chi connectivity index (χ3n) is 4.98. The number of aromatic nitrogens is 3. The lowest BCUT2D eigenvalue weighted by molar-refractivity contribution is -0.939. The molecule has 1 aliphatic heterocycles. The lowest BCUT2D eigenvalue weighted by atomic mass is 10.0. The molecule has 4 rings (SSSR count).